The number of Topliss-reactive ketones (excluding diaryl/α,β-unsaturated/α-hetero) is 1. The van der Waals surface area contributed by atoms with Gasteiger partial charge in [-0.1, -0.05) is 0 Å². The number of carbonyl (C=O) groups is 1. The zero-order valence-corrected chi connectivity index (χ0v) is 15.5. The van der Waals surface area contributed by atoms with E-state index in [0.717, 1.165) is 29.0 Å². The van der Waals surface area contributed by atoms with Gasteiger partial charge in [0.1, 0.15) is 23.1 Å². The summed E-state index contributed by atoms with van der Waals surface area (Å²) in [7, 11) is 3.60. The molecule has 0 spiro atoms. The summed E-state index contributed by atoms with van der Waals surface area (Å²) in [5.41, 5.74) is 2.46. The van der Waals surface area contributed by atoms with Crippen LogP contribution in [-0.4, -0.2) is 43.5 Å². The molecule has 2 aromatic carbocycles. The maximum atomic E-state index is 11.9. The van der Waals surface area contributed by atoms with Crippen LogP contribution in [0, 0.1) is 0 Å². The first-order valence-corrected chi connectivity index (χ1v) is 8.81. The molecule has 142 valence electrons. The maximum absolute atomic E-state index is 11.9. The summed E-state index contributed by atoms with van der Waals surface area (Å²) in [6, 6.07) is 4.79. The number of aromatic hydroxyl groups is 2. The largest absolute Gasteiger partial charge is 0.507 e. The van der Waals surface area contributed by atoms with E-state index < -0.39 is 5.78 Å². The minimum Gasteiger partial charge on any atom is -0.507 e. The van der Waals surface area contributed by atoms with Crippen molar-refractivity contribution in [1.29, 1.82) is 0 Å². The van der Waals surface area contributed by atoms with Gasteiger partial charge in [-0.25, -0.2) is 0 Å². The minimum absolute atomic E-state index is 0.0628. The first-order chi connectivity index (χ1) is 12.9. The topological polar surface area (TPSA) is 89.7 Å². The maximum Gasteiger partial charge on any atom is 0.231 e. The van der Waals surface area contributed by atoms with Gasteiger partial charge in [-0.05, 0) is 30.7 Å². The highest BCUT2D eigenvalue weighted by Crippen LogP contribution is 2.49. The molecule has 2 aliphatic rings. The summed E-state index contributed by atoms with van der Waals surface area (Å²) in [6.07, 6.45) is 0.822. The summed E-state index contributed by atoms with van der Waals surface area (Å²) in [6.45, 7) is 2.29. The lowest BCUT2D eigenvalue weighted by Gasteiger charge is -2.33. The van der Waals surface area contributed by atoms with E-state index in [1.165, 1.54) is 13.0 Å². The molecule has 0 aromatic heterocycles. The highest BCUT2D eigenvalue weighted by Gasteiger charge is 2.39. The second-order valence-corrected chi connectivity index (χ2v) is 6.95. The molecule has 4 rings (SSSR count). The van der Waals surface area contributed by atoms with Gasteiger partial charge in [0.25, 0.3) is 0 Å². The lowest BCUT2D eigenvalue weighted by atomic mass is 9.85. The number of rotatable bonds is 3. The van der Waals surface area contributed by atoms with Crippen LogP contribution in [0.3, 0.4) is 0 Å². The lowest BCUT2D eigenvalue weighted by molar-refractivity contribution is -0.908. The van der Waals surface area contributed by atoms with E-state index in [1.54, 1.807) is 13.2 Å². The highest BCUT2D eigenvalue weighted by molar-refractivity contribution is 5.99. The Bertz CT molecular complexity index is 939. The van der Waals surface area contributed by atoms with Crippen LogP contribution in [0.5, 0.6) is 28.7 Å². The summed E-state index contributed by atoms with van der Waals surface area (Å²) in [5.74, 6) is 0.984. The Hall–Kier alpha value is -2.93. The van der Waals surface area contributed by atoms with E-state index in [-0.39, 0.29) is 29.9 Å². The van der Waals surface area contributed by atoms with Crippen LogP contribution in [0.1, 0.15) is 40.0 Å². The molecular formula is C20H22NO6+. The molecule has 2 atom stereocenters. The number of hydrogen-bond acceptors (Lipinski definition) is 6. The molecule has 0 amide bonds. The Morgan fingerprint density at radius 2 is 2.07 bits per heavy atom. The molecule has 3 N–H and O–H groups in total. The smallest absolute Gasteiger partial charge is 0.231 e. The van der Waals surface area contributed by atoms with Crippen LogP contribution < -0.4 is 19.1 Å². The van der Waals surface area contributed by atoms with Crippen molar-refractivity contribution in [1.82, 2.24) is 0 Å². The number of ketones is 1. The van der Waals surface area contributed by atoms with Gasteiger partial charge in [0.2, 0.25) is 12.5 Å². The Balaban J connectivity index is 1.97. The number of phenols is 2. The molecule has 0 fully saturated rings. The van der Waals surface area contributed by atoms with E-state index in [2.05, 4.69) is 0 Å². The summed E-state index contributed by atoms with van der Waals surface area (Å²) >= 11 is 0. The van der Waals surface area contributed by atoms with Crippen molar-refractivity contribution < 1.29 is 34.1 Å². The molecule has 0 bridgehead atoms. The molecule has 1 unspecified atom stereocenters. The molecule has 27 heavy (non-hydrogen) atoms. The summed E-state index contributed by atoms with van der Waals surface area (Å²) in [4.78, 5) is 13.1. The van der Waals surface area contributed by atoms with Crippen molar-refractivity contribution in [2.45, 2.75) is 19.4 Å². The average molecular weight is 372 g/mol. The normalized spacial score (nSPS) is 20.3. The van der Waals surface area contributed by atoms with Gasteiger partial charge in [0, 0.05) is 6.42 Å². The second-order valence-electron chi connectivity index (χ2n) is 6.95. The molecule has 7 nitrogen and oxygen atoms in total. The van der Waals surface area contributed by atoms with Crippen LogP contribution >= 0.6 is 0 Å². The van der Waals surface area contributed by atoms with Gasteiger partial charge in [-0.2, -0.15) is 0 Å². The molecule has 0 radical (unpaired) electrons. The minimum atomic E-state index is -0.391. The van der Waals surface area contributed by atoms with Crippen molar-refractivity contribution in [3.8, 4) is 28.7 Å². The zero-order valence-electron chi connectivity index (χ0n) is 15.5. The van der Waals surface area contributed by atoms with Gasteiger partial charge in [-0.15, -0.1) is 0 Å². The molecule has 0 aliphatic carbocycles. The lowest BCUT2D eigenvalue weighted by Crippen LogP contribution is -3.10. The molecule has 2 aromatic rings. The number of phenolic OH excluding ortho intramolecular Hbond substituents is 2. The van der Waals surface area contributed by atoms with E-state index in [4.69, 9.17) is 14.2 Å². The number of nitrogens with one attached hydrogen (secondary N) is 1. The molecule has 7 heteroatoms. The van der Waals surface area contributed by atoms with Gasteiger partial charge >= 0.3 is 0 Å². The SMILES string of the molecule is COc1c2c(cc3c1[C@@H](c1ccc(O)c(C(C)=O)c1O)[NH+](C)CC3)OCO2. The van der Waals surface area contributed by atoms with E-state index in [1.807, 2.05) is 13.1 Å². The number of ether oxygens (including phenoxy) is 3. The van der Waals surface area contributed by atoms with E-state index in [9.17, 15) is 15.0 Å². The zero-order chi connectivity index (χ0) is 19.3. The fourth-order valence-corrected chi connectivity index (χ4v) is 4.12. The Morgan fingerprint density at radius 1 is 1.30 bits per heavy atom. The van der Waals surface area contributed by atoms with Crippen molar-refractivity contribution in [3.05, 3.63) is 40.5 Å². The number of quaternary nitrogens is 1. The van der Waals surface area contributed by atoms with Crippen molar-refractivity contribution >= 4 is 5.78 Å². The molecule has 0 saturated heterocycles. The van der Waals surface area contributed by atoms with Gasteiger partial charge in [-0.3, -0.25) is 4.79 Å². The third-order valence-electron chi connectivity index (χ3n) is 5.37. The quantitative estimate of drug-likeness (QED) is 0.702. The number of fused-ring (bicyclic) bond motifs is 2. The second kappa shape index (κ2) is 6.35. The number of hydrogen-bond donors (Lipinski definition) is 3. The summed E-state index contributed by atoms with van der Waals surface area (Å²) in [5, 5.41) is 20.8. The fraction of sp³-hybridized carbons (Fsp3) is 0.350. The summed E-state index contributed by atoms with van der Waals surface area (Å²) < 4.78 is 16.8. The third-order valence-corrected chi connectivity index (χ3v) is 5.37. The Kier molecular flexibility index (Phi) is 4.11. The van der Waals surface area contributed by atoms with E-state index >= 15 is 0 Å². The predicted molar refractivity (Wildman–Crippen MR) is 96.2 cm³/mol. The van der Waals surface area contributed by atoms with Gasteiger partial charge in [0.05, 0.1) is 31.8 Å². The molecule has 0 saturated carbocycles. The number of methoxy groups -OCH3 is 1. The Labute approximate surface area is 156 Å². The van der Waals surface area contributed by atoms with Crippen molar-refractivity contribution in [2.24, 2.45) is 0 Å². The van der Waals surface area contributed by atoms with Crippen LogP contribution in [0.4, 0.5) is 0 Å². The van der Waals surface area contributed by atoms with Gasteiger partial charge in [0.15, 0.2) is 17.3 Å². The van der Waals surface area contributed by atoms with Crippen LogP contribution in [0.15, 0.2) is 18.2 Å². The van der Waals surface area contributed by atoms with Gasteiger partial charge < -0.3 is 29.3 Å². The predicted octanol–water partition coefficient (Wildman–Crippen LogP) is 1.20. The van der Waals surface area contributed by atoms with Crippen LogP contribution in [0.25, 0.3) is 0 Å². The van der Waals surface area contributed by atoms with Crippen LogP contribution in [-0.2, 0) is 6.42 Å². The highest BCUT2D eigenvalue weighted by atomic mass is 16.7. The number of likely N-dealkylation sites (N-methyl/N-ethyl adjacent to an activating group) is 1. The monoisotopic (exact) mass is 372 g/mol. The molecule has 2 aliphatic heterocycles. The van der Waals surface area contributed by atoms with Crippen molar-refractivity contribution in [3.63, 3.8) is 0 Å². The standard InChI is InChI=1S/C20H21NO6/c1-10(22)15-13(23)5-4-12(18(15)24)17-16-11(6-7-21(17)2)8-14-19(20(16)25-3)27-9-26-14/h4-5,8,17,23-24H,6-7,9H2,1-3H3/p+1/t17-/m1/s1. The average Bonchev–Trinajstić information content (AvgIpc) is 3.09. The first kappa shape index (κ1) is 17.5. The van der Waals surface area contributed by atoms with Crippen molar-refractivity contribution in [2.75, 3.05) is 27.5 Å². The number of carbonyl (C=O) groups excluding carboxylic acids is 1. The number of benzene rings is 2. The van der Waals surface area contributed by atoms with Crippen LogP contribution in [0.2, 0.25) is 0 Å². The third kappa shape index (κ3) is 2.57. The Morgan fingerprint density at radius 3 is 2.78 bits per heavy atom. The fourth-order valence-electron chi connectivity index (χ4n) is 4.12. The first-order valence-electron chi connectivity index (χ1n) is 8.81. The molecular weight excluding hydrogens is 350 g/mol. The van der Waals surface area contributed by atoms with E-state index in [0.29, 0.717) is 22.8 Å². The molecule has 2 heterocycles.